The lowest BCUT2D eigenvalue weighted by Gasteiger charge is -2.37. The lowest BCUT2D eigenvalue weighted by atomic mass is 9.79. The molecule has 0 spiro atoms. The fourth-order valence-electron chi connectivity index (χ4n) is 2.65. The third-order valence-corrected chi connectivity index (χ3v) is 3.87. The predicted octanol–water partition coefficient (Wildman–Crippen LogP) is 2.13. The van der Waals surface area contributed by atoms with E-state index in [2.05, 4.69) is 10.6 Å². The zero-order chi connectivity index (χ0) is 14.4. The van der Waals surface area contributed by atoms with Gasteiger partial charge in [0.05, 0.1) is 23.9 Å². The number of piperidine rings is 1. The minimum absolute atomic E-state index is 0.0420. The van der Waals surface area contributed by atoms with E-state index in [1.165, 1.54) is 6.07 Å². The number of ether oxygens (including phenoxy) is 1. The Labute approximate surface area is 118 Å². The van der Waals surface area contributed by atoms with Gasteiger partial charge in [0.25, 0.3) is 0 Å². The van der Waals surface area contributed by atoms with Crippen LogP contribution < -0.4 is 10.6 Å². The smallest absolute Gasteiger partial charge is 0.147 e. The first-order valence-electron chi connectivity index (χ1n) is 6.82. The first-order valence-corrected chi connectivity index (χ1v) is 6.82. The van der Waals surface area contributed by atoms with Crippen molar-refractivity contribution < 1.29 is 9.13 Å². The summed E-state index contributed by atoms with van der Waals surface area (Å²) in [4.78, 5) is 0. The molecule has 2 rings (SSSR count). The van der Waals surface area contributed by atoms with Gasteiger partial charge in [-0.3, -0.25) is 0 Å². The topological polar surface area (TPSA) is 57.1 Å². The molecule has 0 bridgehead atoms. The fourth-order valence-corrected chi connectivity index (χ4v) is 2.65. The molecule has 1 saturated heterocycles. The van der Waals surface area contributed by atoms with Crippen LogP contribution in [-0.2, 0) is 4.74 Å². The highest BCUT2D eigenvalue weighted by Gasteiger charge is 2.32. The summed E-state index contributed by atoms with van der Waals surface area (Å²) in [6.45, 7) is 3.26. The van der Waals surface area contributed by atoms with Gasteiger partial charge in [-0.1, -0.05) is 0 Å². The summed E-state index contributed by atoms with van der Waals surface area (Å²) in [5.41, 5.74) is 0.819. The van der Waals surface area contributed by atoms with Gasteiger partial charge in [0.1, 0.15) is 5.82 Å². The third kappa shape index (κ3) is 3.47. The molecular weight excluding hydrogens is 257 g/mol. The molecule has 1 aliphatic rings. The second-order valence-electron chi connectivity index (χ2n) is 5.34. The number of nitrogens with zero attached hydrogens (tertiary/aromatic N) is 1. The molecule has 4 nitrogen and oxygen atoms in total. The van der Waals surface area contributed by atoms with Crippen LogP contribution in [0.4, 0.5) is 10.1 Å². The Hall–Kier alpha value is -1.64. The van der Waals surface area contributed by atoms with Crippen LogP contribution in [0.2, 0.25) is 0 Å². The summed E-state index contributed by atoms with van der Waals surface area (Å²) in [6.07, 6.45) is 2.01. The Kier molecular flexibility index (Phi) is 4.94. The lowest BCUT2D eigenvalue weighted by molar-refractivity contribution is 0.0635. The van der Waals surface area contributed by atoms with Crippen LogP contribution in [0.25, 0.3) is 0 Å². The third-order valence-electron chi connectivity index (χ3n) is 3.87. The molecule has 0 aromatic heterocycles. The molecule has 1 aromatic carbocycles. The molecule has 108 valence electrons. The van der Waals surface area contributed by atoms with Crippen LogP contribution >= 0.6 is 0 Å². The number of benzene rings is 1. The van der Waals surface area contributed by atoms with E-state index in [0.717, 1.165) is 25.9 Å². The molecule has 2 N–H and O–H groups in total. The fraction of sp³-hybridized carbons (Fsp3) is 0.533. The van der Waals surface area contributed by atoms with Gasteiger partial charge in [-0.25, -0.2) is 4.39 Å². The maximum absolute atomic E-state index is 13.8. The average Bonchev–Trinajstić information content (AvgIpc) is 2.47. The molecule has 0 saturated carbocycles. The van der Waals surface area contributed by atoms with Gasteiger partial charge in [0.15, 0.2) is 0 Å². The van der Waals surface area contributed by atoms with E-state index in [-0.39, 0.29) is 11.2 Å². The largest absolute Gasteiger partial charge is 0.384 e. The van der Waals surface area contributed by atoms with Crippen molar-refractivity contribution in [2.75, 3.05) is 38.7 Å². The van der Waals surface area contributed by atoms with E-state index >= 15 is 0 Å². The van der Waals surface area contributed by atoms with Crippen molar-refractivity contribution in [1.29, 1.82) is 5.26 Å². The number of methoxy groups -OCH3 is 1. The van der Waals surface area contributed by atoms with Crippen LogP contribution in [0.15, 0.2) is 18.2 Å². The van der Waals surface area contributed by atoms with E-state index in [1.807, 2.05) is 6.07 Å². The van der Waals surface area contributed by atoms with Crippen molar-refractivity contribution in [3.63, 3.8) is 0 Å². The van der Waals surface area contributed by atoms with E-state index in [4.69, 9.17) is 10.00 Å². The quantitative estimate of drug-likeness (QED) is 0.865. The maximum atomic E-state index is 13.8. The second kappa shape index (κ2) is 6.69. The highest BCUT2D eigenvalue weighted by atomic mass is 19.1. The average molecular weight is 277 g/mol. The van der Waals surface area contributed by atoms with Crippen LogP contribution in [-0.4, -0.2) is 33.4 Å². The number of nitrogens with one attached hydrogen (secondary N) is 2. The Bertz CT molecular complexity index is 487. The van der Waals surface area contributed by atoms with Gasteiger partial charge in [0.2, 0.25) is 0 Å². The molecule has 5 heteroatoms. The Morgan fingerprint density at radius 3 is 2.80 bits per heavy atom. The van der Waals surface area contributed by atoms with Crippen molar-refractivity contribution in [3.05, 3.63) is 29.6 Å². The standard InChI is InChI=1S/C15H20FN3O/c1-20-11-15(4-6-18-7-5-15)10-19-14-3-2-12(9-17)8-13(14)16/h2-3,8,18-19H,4-7,10-11H2,1H3. The molecule has 0 unspecified atom stereocenters. The van der Waals surface area contributed by atoms with Gasteiger partial charge in [-0.2, -0.15) is 5.26 Å². The van der Waals surface area contributed by atoms with Crippen molar-refractivity contribution in [3.8, 4) is 6.07 Å². The van der Waals surface area contributed by atoms with E-state index in [1.54, 1.807) is 19.2 Å². The minimum Gasteiger partial charge on any atom is -0.384 e. The van der Waals surface area contributed by atoms with E-state index in [9.17, 15) is 4.39 Å². The van der Waals surface area contributed by atoms with Gasteiger partial charge in [-0.05, 0) is 44.1 Å². The van der Waals surface area contributed by atoms with Gasteiger partial charge >= 0.3 is 0 Å². The lowest BCUT2D eigenvalue weighted by Crippen LogP contribution is -2.44. The zero-order valence-corrected chi connectivity index (χ0v) is 11.7. The first-order chi connectivity index (χ1) is 9.69. The Balaban J connectivity index is 2.04. The molecule has 0 radical (unpaired) electrons. The first kappa shape index (κ1) is 14.8. The molecule has 20 heavy (non-hydrogen) atoms. The van der Waals surface area contributed by atoms with Gasteiger partial charge in [-0.15, -0.1) is 0 Å². The summed E-state index contributed by atoms with van der Waals surface area (Å²) in [5, 5.41) is 15.2. The van der Waals surface area contributed by atoms with E-state index < -0.39 is 0 Å². The summed E-state index contributed by atoms with van der Waals surface area (Å²) in [5.74, 6) is -0.384. The number of rotatable bonds is 5. The summed E-state index contributed by atoms with van der Waals surface area (Å²) in [7, 11) is 1.70. The minimum atomic E-state index is -0.384. The zero-order valence-electron chi connectivity index (χ0n) is 11.7. The number of hydrogen-bond donors (Lipinski definition) is 2. The van der Waals surface area contributed by atoms with Crippen molar-refractivity contribution >= 4 is 5.69 Å². The molecule has 0 aliphatic carbocycles. The Morgan fingerprint density at radius 1 is 1.45 bits per heavy atom. The number of hydrogen-bond acceptors (Lipinski definition) is 4. The summed E-state index contributed by atoms with van der Waals surface area (Å²) >= 11 is 0. The molecule has 0 atom stereocenters. The highest BCUT2D eigenvalue weighted by molar-refractivity contribution is 5.48. The van der Waals surface area contributed by atoms with Crippen molar-refractivity contribution in [1.82, 2.24) is 5.32 Å². The van der Waals surface area contributed by atoms with E-state index in [0.29, 0.717) is 24.4 Å². The van der Waals surface area contributed by atoms with Crippen molar-refractivity contribution in [2.45, 2.75) is 12.8 Å². The molecule has 1 aromatic rings. The molecular formula is C15H20FN3O. The normalized spacial score (nSPS) is 17.4. The summed E-state index contributed by atoms with van der Waals surface area (Å²) < 4.78 is 19.2. The molecule has 1 fully saturated rings. The molecule has 1 aliphatic heterocycles. The Morgan fingerprint density at radius 2 is 2.20 bits per heavy atom. The SMILES string of the molecule is COCC1(CNc2ccc(C#N)cc2F)CCNCC1. The predicted molar refractivity (Wildman–Crippen MR) is 76.0 cm³/mol. The molecule has 0 amide bonds. The van der Waals surface area contributed by atoms with Crippen LogP contribution in [0.5, 0.6) is 0 Å². The number of anilines is 1. The van der Waals surface area contributed by atoms with Crippen molar-refractivity contribution in [2.24, 2.45) is 5.41 Å². The van der Waals surface area contributed by atoms with Gasteiger partial charge in [0, 0.05) is 19.1 Å². The monoisotopic (exact) mass is 277 g/mol. The number of halogens is 1. The van der Waals surface area contributed by atoms with Crippen LogP contribution in [0.1, 0.15) is 18.4 Å². The van der Waals surface area contributed by atoms with Crippen LogP contribution in [0.3, 0.4) is 0 Å². The summed E-state index contributed by atoms with van der Waals surface area (Å²) in [6, 6.07) is 6.43. The van der Waals surface area contributed by atoms with Crippen LogP contribution in [0, 0.1) is 22.6 Å². The highest BCUT2D eigenvalue weighted by Crippen LogP contribution is 2.30. The van der Waals surface area contributed by atoms with Gasteiger partial charge < -0.3 is 15.4 Å². The maximum Gasteiger partial charge on any atom is 0.147 e. The second-order valence-corrected chi connectivity index (χ2v) is 5.34. The molecule has 1 heterocycles. The number of nitriles is 1.